The number of halogens is 20. The maximum absolute atomic E-state index is 14.3. The van der Waals surface area contributed by atoms with Crippen LogP contribution in [0.3, 0.4) is 0 Å². The molecular formula is C94H58ClF19N8O20S5. The molecule has 28 nitrogen and oxygen atoms in total. The number of nitrogens with one attached hydrogen (secondary N) is 5. The summed E-state index contributed by atoms with van der Waals surface area (Å²) in [4.78, 5) is 137. The lowest BCUT2D eigenvalue weighted by molar-refractivity contribution is -0.275. The summed E-state index contributed by atoms with van der Waals surface area (Å²) in [6, 6.07) is 35.7. The molecule has 15 rings (SSSR count). The van der Waals surface area contributed by atoms with E-state index in [-0.39, 0.29) is 92.7 Å². The minimum Gasteiger partial charge on any atom is -0.493 e. The first-order valence-electron chi connectivity index (χ1n) is 40.4. The van der Waals surface area contributed by atoms with Gasteiger partial charge in [0, 0.05) is 16.1 Å². The maximum atomic E-state index is 14.3. The number of nitrogens with two attached hydrogens (primary N) is 2. The predicted octanol–water partition coefficient (Wildman–Crippen LogP) is 24.9. The van der Waals surface area contributed by atoms with Crippen LogP contribution < -0.4 is 75.9 Å². The van der Waals surface area contributed by atoms with Crippen molar-refractivity contribution in [2.45, 2.75) is 58.0 Å². The molecular weight excluding hydrogens is 2120 g/mol. The fourth-order valence-corrected chi connectivity index (χ4v) is 16.0. The zero-order valence-electron chi connectivity index (χ0n) is 73.8. The SMILES string of the molecule is CCOc1cc(/C=C2\SC(=O)NC2=O)ccc1Oc1ccc(C(N)=O)cc1C(F)(F)F.COc1cc(/C=C2\SC(=O)NC2=O)ccc1Oc1ccc(Cl)cc1C(F)(F)F.Cc1cc(/C=C2\SC(=O)NC2=O)ccc1Oc1ccc(C(N)=O)cc1C(F)(F)F.Cc1ccc(Oc2ccc(/C=C3\SC(=O)NC3=O)cc2F)c(C(F)(F)F)c1.N#Cc1ccc(Oc2ccc(/C=C3\SC(=O)NC3=O)cc2OC(F)(F)F)c(C(F)(F)F)c1. The molecule has 0 radical (unpaired) electrons. The predicted molar refractivity (Wildman–Crippen MR) is 496 cm³/mol. The number of nitriles is 1. The van der Waals surface area contributed by atoms with Crippen LogP contribution in [0.2, 0.25) is 5.02 Å². The number of carbonyl (C=O) groups excluding carboxylic acids is 12. The second kappa shape index (κ2) is 46.5. The third-order valence-corrected chi connectivity index (χ3v) is 23.1. The molecule has 53 heteroatoms. The summed E-state index contributed by atoms with van der Waals surface area (Å²) in [6.07, 6.45) is -22.2. The van der Waals surface area contributed by atoms with Gasteiger partial charge in [0.05, 0.1) is 77.7 Å². The molecule has 0 saturated carbocycles. The van der Waals surface area contributed by atoms with Crippen LogP contribution >= 0.6 is 70.4 Å². The van der Waals surface area contributed by atoms with E-state index >= 15 is 0 Å². The Labute approximate surface area is 839 Å². The quantitative estimate of drug-likeness (QED) is 0.0259. The number of alkyl halides is 18. The first-order chi connectivity index (χ1) is 68.8. The van der Waals surface area contributed by atoms with E-state index in [2.05, 4.69) is 26.0 Å². The Bertz CT molecular complexity index is 7250. The van der Waals surface area contributed by atoms with E-state index < -0.39 is 184 Å². The molecule has 5 aliphatic rings. The Kier molecular flexibility index (Phi) is 35.2. The molecule has 12 amide bonds. The number of hydrogen-bond donors (Lipinski definition) is 7. The van der Waals surface area contributed by atoms with Gasteiger partial charge < -0.3 is 49.4 Å². The summed E-state index contributed by atoms with van der Waals surface area (Å²) in [5.41, 5.74) is 6.17. The summed E-state index contributed by atoms with van der Waals surface area (Å²) >= 11 is 9.08. The van der Waals surface area contributed by atoms with Crippen molar-refractivity contribution in [3.8, 4) is 80.8 Å². The van der Waals surface area contributed by atoms with E-state index in [1.807, 2.05) is 5.32 Å². The molecule has 0 aromatic heterocycles. The summed E-state index contributed by atoms with van der Waals surface area (Å²) in [5.74, 6) is -10.3. The average molecular weight is 2180 g/mol. The summed E-state index contributed by atoms with van der Waals surface area (Å²) < 4.78 is 293. The van der Waals surface area contributed by atoms with E-state index in [9.17, 15) is 141 Å². The van der Waals surface area contributed by atoms with Crippen molar-refractivity contribution >= 4 is 168 Å². The molecule has 10 aromatic rings. The zero-order chi connectivity index (χ0) is 108. The molecule has 0 unspecified atom stereocenters. The number of carbonyl (C=O) groups is 12. The van der Waals surface area contributed by atoms with Gasteiger partial charge in [0.15, 0.2) is 46.1 Å². The van der Waals surface area contributed by atoms with Crippen LogP contribution in [-0.4, -0.2) is 87.6 Å². The van der Waals surface area contributed by atoms with Crippen LogP contribution in [0, 0.1) is 31.0 Å². The molecule has 10 aromatic carbocycles. The Morgan fingerprint density at radius 3 is 0.986 bits per heavy atom. The summed E-state index contributed by atoms with van der Waals surface area (Å²) in [5, 5.41) is 16.5. The fraction of sp³-hybridized carbons (Fsp3) is 0.117. The van der Waals surface area contributed by atoms with Crippen molar-refractivity contribution in [2.24, 2.45) is 11.5 Å². The molecule has 0 spiro atoms. The van der Waals surface area contributed by atoms with E-state index in [0.717, 1.165) is 132 Å². The number of hydrogen-bond acceptors (Lipinski definition) is 26. The highest BCUT2D eigenvalue weighted by Crippen LogP contribution is 2.49. The Morgan fingerprint density at radius 2 is 0.646 bits per heavy atom. The zero-order valence-corrected chi connectivity index (χ0v) is 78.6. The van der Waals surface area contributed by atoms with Crippen molar-refractivity contribution in [3.05, 3.63) is 301 Å². The number of nitrogens with zero attached hydrogens (tertiary/aromatic N) is 1. The number of primary amides is 2. The molecule has 147 heavy (non-hydrogen) atoms. The van der Waals surface area contributed by atoms with E-state index in [1.54, 1.807) is 19.9 Å². The minimum absolute atomic E-state index is 0.0130. The lowest BCUT2D eigenvalue weighted by atomic mass is 10.1. The third kappa shape index (κ3) is 30.6. The first kappa shape index (κ1) is 111. The van der Waals surface area contributed by atoms with Crippen LogP contribution in [0.4, 0.5) is 107 Å². The Balaban J connectivity index is 0.000000175. The normalized spacial score (nSPS) is 15.5. The van der Waals surface area contributed by atoms with Crippen molar-refractivity contribution in [1.82, 2.24) is 26.6 Å². The van der Waals surface area contributed by atoms with Crippen molar-refractivity contribution < 1.29 is 179 Å². The van der Waals surface area contributed by atoms with Gasteiger partial charge in [0.2, 0.25) is 11.8 Å². The van der Waals surface area contributed by atoms with Gasteiger partial charge in [0.25, 0.3) is 55.7 Å². The monoisotopic (exact) mass is 2170 g/mol. The number of methoxy groups -OCH3 is 1. The topological polar surface area (TPSA) is 415 Å². The number of thioether (sulfide) groups is 5. The van der Waals surface area contributed by atoms with E-state index in [0.29, 0.717) is 69.5 Å². The highest BCUT2D eigenvalue weighted by Gasteiger charge is 2.42. The molecule has 5 heterocycles. The molecule has 764 valence electrons. The van der Waals surface area contributed by atoms with Crippen LogP contribution in [0.1, 0.15) is 100.0 Å². The largest absolute Gasteiger partial charge is 0.573 e. The highest BCUT2D eigenvalue weighted by atomic mass is 35.5. The molecule has 9 N–H and O–H groups in total. The average Bonchev–Trinajstić information content (AvgIpc) is 1.23. The van der Waals surface area contributed by atoms with Crippen LogP contribution in [-0.2, 0) is 54.9 Å². The van der Waals surface area contributed by atoms with Gasteiger partial charge in [-0.1, -0.05) is 53.6 Å². The maximum Gasteiger partial charge on any atom is 0.573 e. The second-order valence-corrected chi connectivity index (χ2v) is 34.9. The lowest BCUT2D eigenvalue weighted by Crippen LogP contribution is -2.18. The van der Waals surface area contributed by atoms with Gasteiger partial charge >= 0.3 is 37.2 Å². The fourth-order valence-electron chi connectivity index (χ4n) is 12.4. The van der Waals surface area contributed by atoms with Gasteiger partial charge in [0.1, 0.15) is 34.5 Å². The van der Waals surface area contributed by atoms with Crippen molar-refractivity contribution in [2.75, 3.05) is 13.7 Å². The lowest BCUT2D eigenvalue weighted by Gasteiger charge is -2.17. The van der Waals surface area contributed by atoms with Crippen LogP contribution in [0.15, 0.2) is 207 Å². The number of amides is 12. The molecule has 5 fully saturated rings. The van der Waals surface area contributed by atoms with Crippen molar-refractivity contribution in [3.63, 3.8) is 0 Å². The van der Waals surface area contributed by atoms with Crippen LogP contribution in [0.5, 0.6) is 74.7 Å². The number of ether oxygens (including phenoxy) is 8. The third-order valence-electron chi connectivity index (χ3n) is 18.8. The Hall–Kier alpha value is -15.9. The van der Waals surface area contributed by atoms with E-state index in [4.69, 9.17) is 61.5 Å². The van der Waals surface area contributed by atoms with Crippen molar-refractivity contribution in [1.29, 1.82) is 5.26 Å². The van der Waals surface area contributed by atoms with Gasteiger partial charge in [-0.25, -0.2) is 4.39 Å². The molecule has 0 atom stereocenters. The first-order valence-corrected chi connectivity index (χ1v) is 44.8. The second-order valence-electron chi connectivity index (χ2n) is 29.4. The van der Waals surface area contributed by atoms with Gasteiger partial charge in [-0.05, 0) is 289 Å². The molecule has 0 aliphatic carbocycles. The number of rotatable bonds is 21. The standard InChI is InChI=1S/C20H15F3N2O5S.C19H8F6N2O4S.C19H13F3N2O4S.C18H11ClF3NO4S.C18H11F4NO3S/c1-2-29-15-7-10(8-16-18(27)25-19(28)31-16)3-5-14(15)30-13-6-4-11(17(24)26)9-12(13)20(21,22)23;20-18(21,22)11-5-10(8-26)2-3-12(11)30-13-4-1-9(6-14(13)31-19(23,24)25)7-15-16(28)27-17(29)32-15;1-9-6-10(7-15-17(26)24-18(27)29-15)2-4-13(9)28-14-5-3-11(16(23)25)8-12(14)19(20,21)22;1-26-14-6-9(7-15-16(24)23-17(25)28-15)2-4-13(14)27-12-5-3-10(19)8-11(12)18(20,21)22;1-9-2-4-13(11(6-9)18(20,21)22)26-14-5-3-10(7-12(14)19)8-15-16(24)23-17(25)27-15/h3-9H,2H2,1H3,(H2,24,26)(H,25,27,28);1-7H,(H,27,28,29);2-8H,1H3,(H2,23,25)(H,24,26,27);2-8H,1H3,(H,23,24,25);2-8H,1H3,(H,23,24,25)/b16-8-;3*15-7-;15-8-. The minimum atomic E-state index is -5.21. The molecule has 5 aliphatic heterocycles. The number of aryl methyl sites for hydroxylation is 2. The van der Waals surface area contributed by atoms with Gasteiger partial charge in [-0.15, -0.1) is 13.2 Å². The van der Waals surface area contributed by atoms with E-state index in [1.165, 1.54) is 111 Å². The summed E-state index contributed by atoms with van der Waals surface area (Å²) in [6.45, 7) is 4.99. The van der Waals surface area contributed by atoms with Crippen LogP contribution in [0.25, 0.3) is 30.4 Å². The number of imide groups is 5. The highest BCUT2D eigenvalue weighted by molar-refractivity contribution is 8.19. The summed E-state index contributed by atoms with van der Waals surface area (Å²) in [7, 11) is 1.33. The molecule has 0 bridgehead atoms. The number of benzene rings is 10. The smallest absolute Gasteiger partial charge is 0.493 e. The van der Waals surface area contributed by atoms with Gasteiger partial charge in [-0.3, -0.25) is 84.1 Å². The molecule has 5 saturated heterocycles. The Morgan fingerprint density at radius 1 is 0.354 bits per heavy atom. The van der Waals surface area contributed by atoms with Gasteiger partial charge in [-0.2, -0.15) is 71.1 Å².